The third kappa shape index (κ3) is 4.60. The number of esters is 1. The molecule has 2 rings (SSSR count). The van der Waals surface area contributed by atoms with Crippen molar-refractivity contribution in [1.29, 1.82) is 0 Å². The highest BCUT2D eigenvalue weighted by atomic mass is 16.5. The van der Waals surface area contributed by atoms with Crippen molar-refractivity contribution in [3.63, 3.8) is 0 Å². The quantitative estimate of drug-likeness (QED) is 0.433. The van der Waals surface area contributed by atoms with Gasteiger partial charge in [0.25, 0.3) is 5.91 Å². The predicted molar refractivity (Wildman–Crippen MR) is 102 cm³/mol. The lowest BCUT2D eigenvalue weighted by molar-refractivity contribution is 0.0526. The second-order valence-corrected chi connectivity index (χ2v) is 5.74. The smallest absolute Gasteiger partial charge is 0.338 e. The summed E-state index contributed by atoms with van der Waals surface area (Å²) < 4.78 is 4.99. The maximum absolute atomic E-state index is 12.6. The Hall–Kier alpha value is -3.35. The third-order valence-electron chi connectivity index (χ3n) is 3.72. The van der Waals surface area contributed by atoms with E-state index in [1.807, 2.05) is 13.8 Å². The molecule has 0 radical (unpaired) electrons. The lowest BCUT2D eigenvalue weighted by Crippen LogP contribution is -2.22. The Morgan fingerprint density at radius 2 is 1.69 bits per heavy atom. The molecule has 0 fully saturated rings. The average Bonchev–Trinajstić information content (AvgIpc) is 2.58. The van der Waals surface area contributed by atoms with Crippen molar-refractivity contribution in [3.8, 4) is 0 Å². The number of amides is 1. The summed E-state index contributed by atoms with van der Waals surface area (Å²) in [5, 5.41) is 2.81. The molecule has 1 amide bonds. The molecular weight excluding hydrogens is 332 g/mol. The molecule has 0 aliphatic rings. The molecular formula is C19H22N4O3. The van der Waals surface area contributed by atoms with Crippen LogP contribution in [0.2, 0.25) is 0 Å². The van der Waals surface area contributed by atoms with Crippen molar-refractivity contribution < 1.29 is 14.3 Å². The number of anilines is 1. The Bertz CT molecular complexity index is 871. The number of aryl methyl sites for hydroxylation is 2. The van der Waals surface area contributed by atoms with Crippen molar-refractivity contribution in [2.75, 3.05) is 11.9 Å². The van der Waals surface area contributed by atoms with E-state index in [1.165, 1.54) is 0 Å². The largest absolute Gasteiger partial charge is 0.462 e. The minimum absolute atomic E-state index is 0.0800. The van der Waals surface area contributed by atoms with Gasteiger partial charge < -0.3 is 21.5 Å². The van der Waals surface area contributed by atoms with E-state index in [4.69, 9.17) is 16.2 Å². The van der Waals surface area contributed by atoms with Crippen LogP contribution in [0.1, 0.15) is 38.8 Å². The van der Waals surface area contributed by atoms with E-state index in [9.17, 15) is 9.59 Å². The van der Waals surface area contributed by atoms with E-state index in [1.54, 1.807) is 43.3 Å². The first-order valence-electron chi connectivity index (χ1n) is 8.11. The maximum atomic E-state index is 12.6. The van der Waals surface area contributed by atoms with Gasteiger partial charge in [-0.1, -0.05) is 12.1 Å². The number of nitrogens with two attached hydrogens (primary N) is 2. The zero-order valence-corrected chi connectivity index (χ0v) is 15.0. The number of hydrogen-bond acceptors (Lipinski definition) is 4. The van der Waals surface area contributed by atoms with Crippen LogP contribution in [-0.2, 0) is 4.74 Å². The first-order valence-corrected chi connectivity index (χ1v) is 8.11. The Balaban J connectivity index is 2.29. The number of ether oxygens (including phenoxy) is 1. The van der Waals surface area contributed by atoms with E-state index in [-0.39, 0.29) is 18.5 Å². The van der Waals surface area contributed by atoms with Gasteiger partial charge in [-0.2, -0.15) is 0 Å². The fourth-order valence-corrected chi connectivity index (χ4v) is 2.30. The molecule has 7 nitrogen and oxygen atoms in total. The first-order chi connectivity index (χ1) is 12.3. The zero-order chi connectivity index (χ0) is 19.3. The van der Waals surface area contributed by atoms with Gasteiger partial charge in [0.2, 0.25) is 0 Å². The average molecular weight is 354 g/mol. The van der Waals surface area contributed by atoms with Crippen LogP contribution in [0.4, 0.5) is 11.4 Å². The summed E-state index contributed by atoms with van der Waals surface area (Å²) in [7, 11) is 0. The lowest BCUT2D eigenvalue weighted by Gasteiger charge is -2.11. The minimum Gasteiger partial charge on any atom is -0.462 e. The number of carbonyl (C=O) groups excluding carboxylic acids is 2. The van der Waals surface area contributed by atoms with Gasteiger partial charge in [0.1, 0.15) is 0 Å². The Morgan fingerprint density at radius 3 is 2.35 bits per heavy atom. The first kappa shape index (κ1) is 19.0. The number of nitrogens with one attached hydrogen (secondary N) is 1. The van der Waals surface area contributed by atoms with E-state index < -0.39 is 5.97 Å². The minimum atomic E-state index is -0.437. The summed E-state index contributed by atoms with van der Waals surface area (Å²) in [6, 6.07) is 10.1. The molecule has 0 aliphatic carbocycles. The fourth-order valence-electron chi connectivity index (χ4n) is 2.30. The lowest BCUT2D eigenvalue weighted by atomic mass is 10.1. The maximum Gasteiger partial charge on any atom is 0.338 e. The van der Waals surface area contributed by atoms with Gasteiger partial charge in [-0.3, -0.25) is 4.79 Å². The van der Waals surface area contributed by atoms with Gasteiger partial charge in [0.15, 0.2) is 5.96 Å². The number of guanidine groups is 1. The Morgan fingerprint density at radius 1 is 1.04 bits per heavy atom. The molecule has 0 saturated carbocycles. The highest BCUT2D eigenvalue weighted by Crippen LogP contribution is 2.22. The van der Waals surface area contributed by atoms with E-state index in [0.717, 1.165) is 11.1 Å². The summed E-state index contributed by atoms with van der Waals surface area (Å²) in [4.78, 5) is 28.5. The predicted octanol–water partition coefficient (Wildman–Crippen LogP) is 2.64. The zero-order valence-electron chi connectivity index (χ0n) is 15.0. The van der Waals surface area contributed by atoms with Crippen LogP contribution < -0.4 is 16.8 Å². The summed E-state index contributed by atoms with van der Waals surface area (Å²) in [6.07, 6.45) is 0. The number of hydrogen-bond donors (Lipinski definition) is 3. The van der Waals surface area contributed by atoms with Gasteiger partial charge in [-0.25, -0.2) is 9.79 Å². The molecule has 0 aliphatic heterocycles. The normalized spacial score (nSPS) is 10.1. The monoisotopic (exact) mass is 354 g/mol. The summed E-state index contributed by atoms with van der Waals surface area (Å²) in [5.41, 5.74) is 14.3. The van der Waals surface area contributed by atoms with Crippen LogP contribution in [0.5, 0.6) is 0 Å². The van der Waals surface area contributed by atoms with E-state index in [2.05, 4.69) is 10.3 Å². The van der Waals surface area contributed by atoms with Gasteiger partial charge in [-0.05, 0) is 56.2 Å². The SMILES string of the molecule is CCOC(=O)c1ccc(C)c(NC(=O)c2ccc(C)c(N=C(N)N)c2)c1. The van der Waals surface area contributed by atoms with Crippen LogP contribution in [0.15, 0.2) is 41.4 Å². The molecule has 2 aromatic carbocycles. The summed E-state index contributed by atoms with van der Waals surface area (Å²) in [6.45, 7) is 5.70. The molecule has 0 atom stereocenters. The van der Waals surface area contributed by atoms with Gasteiger partial charge in [-0.15, -0.1) is 0 Å². The highest BCUT2D eigenvalue weighted by molar-refractivity contribution is 6.06. The number of benzene rings is 2. The van der Waals surface area contributed by atoms with Gasteiger partial charge in [0, 0.05) is 11.3 Å². The molecule has 0 unspecified atom stereocenters. The van der Waals surface area contributed by atoms with Crippen LogP contribution in [-0.4, -0.2) is 24.4 Å². The molecule has 0 aromatic heterocycles. The van der Waals surface area contributed by atoms with Crippen LogP contribution >= 0.6 is 0 Å². The molecule has 0 saturated heterocycles. The van der Waals surface area contributed by atoms with Crippen molar-refractivity contribution in [3.05, 3.63) is 58.7 Å². The van der Waals surface area contributed by atoms with Crippen molar-refractivity contribution >= 4 is 29.2 Å². The topological polar surface area (TPSA) is 120 Å². The Kier molecular flexibility index (Phi) is 5.95. The fraction of sp³-hybridized carbons (Fsp3) is 0.211. The van der Waals surface area contributed by atoms with Crippen molar-refractivity contribution in [1.82, 2.24) is 0 Å². The number of aliphatic imine (C=N–C) groups is 1. The number of nitrogens with zero attached hydrogens (tertiary/aromatic N) is 1. The Labute approximate surface area is 152 Å². The highest BCUT2D eigenvalue weighted by Gasteiger charge is 2.13. The van der Waals surface area contributed by atoms with E-state index >= 15 is 0 Å². The molecule has 136 valence electrons. The van der Waals surface area contributed by atoms with Gasteiger partial charge in [0.05, 0.1) is 17.9 Å². The molecule has 7 heteroatoms. The molecule has 5 N–H and O–H groups in total. The molecule has 2 aromatic rings. The second-order valence-electron chi connectivity index (χ2n) is 5.74. The standard InChI is InChI=1S/C19H22N4O3/c1-4-26-18(25)14-8-6-11(2)15(10-14)22-17(24)13-7-5-12(3)16(9-13)23-19(20)21/h5-10H,4H2,1-3H3,(H,22,24)(H4,20,21,23). The van der Waals surface area contributed by atoms with Crippen molar-refractivity contribution in [2.24, 2.45) is 16.5 Å². The van der Waals surface area contributed by atoms with Crippen LogP contribution in [0.3, 0.4) is 0 Å². The van der Waals surface area contributed by atoms with E-state index in [0.29, 0.717) is 22.5 Å². The number of rotatable bonds is 5. The summed E-state index contributed by atoms with van der Waals surface area (Å²) in [5.74, 6) is -0.849. The van der Waals surface area contributed by atoms with Crippen LogP contribution in [0, 0.1) is 13.8 Å². The second kappa shape index (κ2) is 8.15. The molecule has 0 bridgehead atoms. The molecule has 0 spiro atoms. The van der Waals surface area contributed by atoms with Crippen LogP contribution in [0.25, 0.3) is 0 Å². The van der Waals surface area contributed by atoms with Crippen molar-refractivity contribution in [2.45, 2.75) is 20.8 Å². The molecule has 26 heavy (non-hydrogen) atoms. The number of carbonyl (C=O) groups is 2. The third-order valence-corrected chi connectivity index (χ3v) is 3.72. The molecule has 0 heterocycles. The summed E-state index contributed by atoms with van der Waals surface area (Å²) >= 11 is 0. The van der Waals surface area contributed by atoms with Gasteiger partial charge >= 0.3 is 5.97 Å².